The maximum atomic E-state index is 14.0. The van der Waals surface area contributed by atoms with E-state index >= 15 is 0 Å². The van der Waals surface area contributed by atoms with Crippen LogP contribution in [0.3, 0.4) is 0 Å². The van der Waals surface area contributed by atoms with Crippen molar-refractivity contribution in [3.63, 3.8) is 0 Å². The first-order valence-electron chi connectivity index (χ1n) is 26.9. The van der Waals surface area contributed by atoms with Crippen LogP contribution in [-0.2, 0) is 64.3 Å². The zero-order valence-electron chi connectivity index (χ0n) is 40.3. The Morgan fingerprint density at radius 1 is 0.362 bits per heavy atom. The fourth-order valence-corrected chi connectivity index (χ4v) is 15.6. The lowest BCUT2D eigenvalue weighted by Gasteiger charge is -2.49. The highest BCUT2D eigenvalue weighted by Gasteiger charge is 2.64. The van der Waals surface area contributed by atoms with Gasteiger partial charge < -0.3 is 43.0 Å². The molecule has 0 saturated carbocycles. The number of hydrogen-bond acceptors (Lipinski definition) is 9. The van der Waals surface area contributed by atoms with E-state index in [0.29, 0.717) is 58.8 Å². The van der Waals surface area contributed by atoms with Crippen LogP contribution in [0.25, 0.3) is 0 Å². The van der Waals surface area contributed by atoms with Crippen molar-refractivity contribution in [3.8, 4) is 0 Å². The molecule has 1 N–H and O–H groups in total. The molecule has 8 saturated heterocycles. The van der Waals surface area contributed by atoms with Gasteiger partial charge in [-0.3, -0.25) is 0 Å². The minimum atomic E-state index is -0.627. The lowest BCUT2D eigenvalue weighted by molar-refractivity contribution is -0.101. The first-order chi connectivity index (χ1) is 34.1. The molecule has 19 unspecified atom stereocenters. The van der Waals surface area contributed by atoms with E-state index in [1.807, 2.05) is 0 Å². The number of rotatable bonds is 23. The van der Waals surface area contributed by atoms with Gasteiger partial charge in [-0.25, -0.2) is 0 Å². The normalized spacial score (nSPS) is 37.2. The maximum Gasteiger partial charge on any atom is 0.0717 e. The number of hydrogen-bond donors (Lipinski definition) is 1. The Bertz CT molecular complexity index is 2210. The second-order valence-electron chi connectivity index (χ2n) is 22.2. The third-order valence-electron chi connectivity index (χ3n) is 18.5. The predicted octanol–water partition coefficient (Wildman–Crippen LogP) is 10.0. The van der Waals surface area contributed by atoms with E-state index in [-0.39, 0.29) is 102 Å². The molecule has 8 aliphatic heterocycles. The summed E-state index contributed by atoms with van der Waals surface area (Å²) in [5.41, 5.74) is 4.74. The average molecular weight is 939 g/mol. The van der Waals surface area contributed by atoms with Crippen molar-refractivity contribution >= 4 is 0 Å². The van der Waals surface area contributed by atoms with Crippen molar-refractivity contribution in [1.82, 2.24) is 0 Å². The molecule has 0 aromatic heterocycles. The highest BCUT2D eigenvalue weighted by Crippen LogP contribution is 2.60. The first kappa shape index (κ1) is 46.6. The molecule has 19 atom stereocenters. The molecule has 9 nitrogen and oxygen atoms in total. The zero-order chi connectivity index (χ0) is 46.1. The maximum absolute atomic E-state index is 14.0. The van der Waals surface area contributed by atoms with E-state index in [2.05, 4.69) is 121 Å². The Labute approximate surface area is 409 Å². The Kier molecular flexibility index (Phi) is 14.4. The zero-order valence-corrected chi connectivity index (χ0v) is 40.3. The second-order valence-corrected chi connectivity index (χ2v) is 22.2. The lowest BCUT2D eigenvalue weighted by Crippen LogP contribution is -2.54. The van der Waals surface area contributed by atoms with E-state index in [1.165, 1.54) is 22.3 Å². The predicted molar refractivity (Wildman–Crippen MR) is 261 cm³/mol. The Morgan fingerprint density at radius 2 is 0.667 bits per heavy atom. The monoisotopic (exact) mass is 939 g/mol. The number of benzene rings is 4. The standard InChI is InChI=1S/C60H74O9/c61-60(58-47(52-25-28-55(58)69-52)37-65-33-41-19-11-4-12-20-41)59(57-46(51-24-27-54(57)68-51)36-64-32-40-17-9-3-10-18-40)43(56-45(50-23-26-53(56)67-50)35-63-31-39-15-7-2-8-16-39)29-42-44(49-22-21-48(42)66-49)34-62-30-38-13-5-1-6-14-38/h1-20,42-61H,21-37H2. The van der Waals surface area contributed by atoms with Crippen LogP contribution in [0.1, 0.15) is 80.0 Å². The molecule has 8 aliphatic rings. The third-order valence-corrected chi connectivity index (χ3v) is 18.5. The molecule has 368 valence electrons. The molecule has 8 heterocycles. The van der Waals surface area contributed by atoms with Crippen LogP contribution in [0.2, 0.25) is 0 Å². The van der Waals surface area contributed by atoms with Gasteiger partial charge in [0, 0.05) is 29.6 Å². The summed E-state index contributed by atoms with van der Waals surface area (Å²) in [6, 6.07) is 42.2. The highest BCUT2D eigenvalue weighted by molar-refractivity contribution is 5.17. The van der Waals surface area contributed by atoms with Gasteiger partial charge in [0.1, 0.15) is 0 Å². The van der Waals surface area contributed by atoms with Gasteiger partial charge in [0.2, 0.25) is 0 Å². The van der Waals surface area contributed by atoms with Gasteiger partial charge in [0.15, 0.2) is 0 Å². The molecule has 8 bridgehead atoms. The molecule has 12 rings (SSSR count). The van der Waals surface area contributed by atoms with Gasteiger partial charge in [-0.2, -0.15) is 0 Å². The summed E-state index contributed by atoms with van der Waals surface area (Å²) >= 11 is 0. The summed E-state index contributed by atoms with van der Waals surface area (Å²) in [6.45, 7) is 4.78. The quantitative estimate of drug-likeness (QED) is 0.0781. The SMILES string of the molecule is OC(C1C2CCC(O2)C1COCc1ccccc1)C(C(CC1C2CCC(O2)C1COCc1ccccc1)C1C2CCC(O2)C1COCc1ccccc1)C1C2CCC(O2)C1COCc1ccccc1. The number of aliphatic hydroxyl groups is 1. The fraction of sp³-hybridized carbons (Fsp3) is 0.600. The fourth-order valence-electron chi connectivity index (χ4n) is 15.6. The van der Waals surface area contributed by atoms with Crippen molar-refractivity contribution in [2.75, 3.05) is 26.4 Å². The minimum absolute atomic E-state index is 0.00277. The van der Waals surface area contributed by atoms with Gasteiger partial charge >= 0.3 is 0 Å². The van der Waals surface area contributed by atoms with Gasteiger partial charge in [0.25, 0.3) is 0 Å². The molecule has 9 heteroatoms. The molecule has 69 heavy (non-hydrogen) atoms. The van der Waals surface area contributed by atoms with Crippen LogP contribution in [0, 0.1) is 59.2 Å². The molecule has 0 spiro atoms. The van der Waals surface area contributed by atoms with E-state index in [9.17, 15) is 5.11 Å². The summed E-state index contributed by atoms with van der Waals surface area (Å²) in [4.78, 5) is 0. The highest BCUT2D eigenvalue weighted by atomic mass is 16.5. The molecular formula is C60H74O9. The summed E-state index contributed by atoms with van der Waals surface area (Å²) in [5, 5.41) is 14.0. The van der Waals surface area contributed by atoms with E-state index in [0.717, 1.165) is 57.8 Å². The Hall–Kier alpha value is -3.48. The van der Waals surface area contributed by atoms with E-state index in [1.54, 1.807) is 0 Å². The van der Waals surface area contributed by atoms with Crippen molar-refractivity contribution in [2.45, 2.75) is 139 Å². The third kappa shape index (κ3) is 9.79. The first-order valence-corrected chi connectivity index (χ1v) is 26.9. The Balaban J connectivity index is 0.904. The topological polar surface area (TPSA) is 94.1 Å². The van der Waals surface area contributed by atoms with Crippen LogP contribution in [0.5, 0.6) is 0 Å². The summed E-state index contributed by atoms with van der Waals surface area (Å²) in [6.07, 6.45) is 9.51. The number of fused-ring (bicyclic) bond motifs is 8. The molecule has 4 aromatic carbocycles. The summed E-state index contributed by atoms with van der Waals surface area (Å²) in [5.74, 6) is 1.38. The van der Waals surface area contributed by atoms with Crippen LogP contribution in [-0.4, -0.2) is 86.5 Å². The molecule has 8 fully saturated rings. The number of aliphatic hydroxyl groups excluding tert-OH is 1. The number of ether oxygens (including phenoxy) is 8. The van der Waals surface area contributed by atoms with Crippen molar-refractivity contribution in [3.05, 3.63) is 144 Å². The Morgan fingerprint density at radius 3 is 1.10 bits per heavy atom. The van der Waals surface area contributed by atoms with Gasteiger partial charge in [-0.1, -0.05) is 121 Å². The lowest BCUT2D eigenvalue weighted by atomic mass is 9.55. The van der Waals surface area contributed by atoms with Gasteiger partial charge in [-0.15, -0.1) is 0 Å². The van der Waals surface area contributed by atoms with Crippen LogP contribution in [0.4, 0.5) is 0 Å². The van der Waals surface area contributed by atoms with Crippen molar-refractivity contribution in [2.24, 2.45) is 59.2 Å². The average Bonchev–Trinajstić information content (AvgIpc) is 4.28. The van der Waals surface area contributed by atoms with Crippen molar-refractivity contribution in [1.29, 1.82) is 0 Å². The summed E-state index contributed by atoms with van der Waals surface area (Å²) in [7, 11) is 0. The molecular weight excluding hydrogens is 865 g/mol. The molecule has 0 radical (unpaired) electrons. The molecule has 0 aliphatic carbocycles. The summed E-state index contributed by atoms with van der Waals surface area (Å²) < 4.78 is 54.9. The van der Waals surface area contributed by atoms with Crippen molar-refractivity contribution < 1.29 is 43.0 Å². The van der Waals surface area contributed by atoms with Crippen LogP contribution < -0.4 is 0 Å². The smallest absolute Gasteiger partial charge is 0.0717 e. The van der Waals surface area contributed by atoms with Crippen LogP contribution >= 0.6 is 0 Å². The largest absolute Gasteiger partial charge is 0.392 e. The van der Waals surface area contributed by atoms with E-state index in [4.69, 9.17) is 37.9 Å². The second kappa shape index (κ2) is 21.3. The van der Waals surface area contributed by atoms with Gasteiger partial charge in [0.05, 0.1) is 108 Å². The molecule has 0 amide bonds. The van der Waals surface area contributed by atoms with E-state index < -0.39 is 6.10 Å². The minimum Gasteiger partial charge on any atom is -0.392 e. The molecule has 4 aromatic rings. The van der Waals surface area contributed by atoms with Gasteiger partial charge in [-0.05, 0) is 110 Å². The van der Waals surface area contributed by atoms with Crippen LogP contribution in [0.15, 0.2) is 121 Å².